The van der Waals surface area contributed by atoms with Crippen LogP contribution in [0.1, 0.15) is 13.3 Å². The molecule has 0 heterocycles. The predicted molar refractivity (Wildman–Crippen MR) is 73.2 cm³/mol. The Morgan fingerprint density at radius 1 is 1.47 bits per heavy atom. The second kappa shape index (κ2) is 6.94. The van der Waals surface area contributed by atoms with Gasteiger partial charge in [0.2, 0.25) is 0 Å². The number of carboxylic acid groups (broad SMARTS) is 1. The highest BCUT2D eigenvalue weighted by Gasteiger charge is 2.05. The van der Waals surface area contributed by atoms with E-state index in [0.29, 0.717) is 27.8 Å². The second-order valence-corrected chi connectivity index (χ2v) is 5.18. The molecule has 0 amide bonds. The third kappa shape index (κ3) is 4.62. The molecular weight excluding hydrogens is 279 g/mol. The lowest BCUT2D eigenvalue weighted by atomic mass is 10.2. The van der Waals surface area contributed by atoms with Crippen LogP contribution in [-0.2, 0) is 4.79 Å². The largest absolute Gasteiger partial charge is 0.478 e. The fraction of sp³-hybridized carbons (Fsp3) is 0.250. The molecule has 0 aliphatic rings. The van der Waals surface area contributed by atoms with Crippen LogP contribution in [0.15, 0.2) is 34.7 Å². The Kier molecular flexibility index (Phi) is 5.89. The molecule has 1 rings (SSSR count). The zero-order valence-electron chi connectivity index (χ0n) is 9.24. The van der Waals surface area contributed by atoms with Crippen LogP contribution < -0.4 is 0 Å². The molecule has 0 aromatic heterocycles. The van der Waals surface area contributed by atoms with E-state index in [2.05, 4.69) is 0 Å². The highest BCUT2D eigenvalue weighted by atomic mass is 35.5. The summed E-state index contributed by atoms with van der Waals surface area (Å²) in [6.07, 6.45) is 2.21. The van der Waals surface area contributed by atoms with E-state index in [1.165, 1.54) is 11.8 Å². The van der Waals surface area contributed by atoms with E-state index < -0.39 is 5.97 Å². The van der Waals surface area contributed by atoms with E-state index in [-0.39, 0.29) is 0 Å². The molecule has 5 heteroatoms. The van der Waals surface area contributed by atoms with Crippen LogP contribution in [0.25, 0.3) is 0 Å². The molecule has 2 nitrogen and oxygen atoms in total. The summed E-state index contributed by atoms with van der Waals surface area (Å²) in [5.41, 5.74) is 0.413. The fourth-order valence-corrected chi connectivity index (χ4v) is 2.60. The van der Waals surface area contributed by atoms with Crippen molar-refractivity contribution in [3.63, 3.8) is 0 Å². The number of hydrogen-bond donors (Lipinski definition) is 1. The Morgan fingerprint density at radius 2 is 2.18 bits per heavy atom. The van der Waals surface area contributed by atoms with Gasteiger partial charge in [-0.1, -0.05) is 36.2 Å². The maximum Gasteiger partial charge on any atom is 0.331 e. The van der Waals surface area contributed by atoms with E-state index in [4.69, 9.17) is 28.3 Å². The van der Waals surface area contributed by atoms with Gasteiger partial charge in [-0.3, -0.25) is 0 Å². The molecule has 0 spiro atoms. The second-order valence-electron chi connectivity index (χ2n) is 3.27. The number of halogens is 2. The van der Waals surface area contributed by atoms with Crippen LogP contribution in [-0.4, -0.2) is 16.8 Å². The first-order chi connectivity index (χ1) is 8.04. The average Bonchev–Trinajstić information content (AvgIpc) is 2.28. The Morgan fingerprint density at radius 3 is 2.76 bits per heavy atom. The summed E-state index contributed by atoms with van der Waals surface area (Å²) in [5.74, 6) is -0.305. The monoisotopic (exact) mass is 290 g/mol. The lowest BCUT2D eigenvalue weighted by molar-refractivity contribution is -0.132. The number of carboxylic acids is 1. The van der Waals surface area contributed by atoms with Crippen molar-refractivity contribution in [1.82, 2.24) is 0 Å². The molecule has 1 N–H and O–H groups in total. The summed E-state index contributed by atoms with van der Waals surface area (Å²) in [4.78, 5) is 11.6. The molecule has 0 saturated carbocycles. The molecule has 1 aromatic rings. The topological polar surface area (TPSA) is 37.3 Å². The molecule has 0 radical (unpaired) electrons. The Hall–Kier alpha value is -0.640. The Balaban J connectivity index is 2.67. The lowest BCUT2D eigenvalue weighted by Crippen LogP contribution is -1.99. The van der Waals surface area contributed by atoms with E-state index in [1.807, 2.05) is 6.92 Å². The van der Waals surface area contributed by atoms with Gasteiger partial charge in [-0.15, -0.1) is 11.8 Å². The summed E-state index contributed by atoms with van der Waals surface area (Å²) in [5, 5.41) is 10.1. The standard InChI is InChI=1S/C12H12Cl2O2S/c1-2-8(12(15)16)5-6-17-11-7-9(13)3-4-10(11)14/h3-5,7H,2,6H2,1H3,(H,15,16). The van der Waals surface area contributed by atoms with Crippen LogP contribution in [0.4, 0.5) is 0 Å². The molecule has 0 atom stereocenters. The quantitative estimate of drug-likeness (QED) is 0.640. The molecule has 0 bridgehead atoms. The maximum atomic E-state index is 10.8. The molecule has 1 aromatic carbocycles. The summed E-state index contributed by atoms with van der Waals surface area (Å²) in [6.45, 7) is 1.82. The maximum absolute atomic E-state index is 10.8. The number of aliphatic carboxylic acids is 1. The van der Waals surface area contributed by atoms with Gasteiger partial charge < -0.3 is 5.11 Å². The Bertz CT molecular complexity index is 444. The van der Waals surface area contributed by atoms with Crippen molar-refractivity contribution in [2.45, 2.75) is 18.2 Å². The first kappa shape index (κ1) is 14.4. The summed E-state index contributed by atoms with van der Waals surface area (Å²) in [6, 6.07) is 5.22. The van der Waals surface area contributed by atoms with Crippen molar-refractivity contribution in [3.8, 4) is 0 Å². The highest BCUT2D eigenvalue weighted by Crippen LogP contribution is 2.30. The van der Waals surface area contributed by atoms with Crippen LogP contribution in [0, 0.1) is 0 Å². The highest BCUT2D eigenvalue weighted by molar-refractivity contribution is 7.99. The van der Waals surface area contributed by atoms with Crippen molar-refractivity contribution in [2.24, 2.45) is 0 Å². The van der Waals surface area contributed by atoms with Gasteiger partial charge in [-0.2, -0.15) is 0 Å². The van der Waals surface area contributed by atoms with Gasteiger partial charge in [0.25, 0.3) is 0 Å². The Labute approximate surface area is 115 Å². The number of hydrogen-bond acceptors (Lipinski definition) is 2. The molecule has 0 saturated heterocycles. The first-order valence-electron chi connectivity index (χ1n) is 5.04. The number of rotatable bonds is 5. The van der Waals surface area contributed by atoms with Gasteiger partial charge in [0.15, 0.2) is 0 Å². The SMILES string of the molecule is CCC(=CCSc1cc(Cl)ccc1Cl)C(=O)O. The minimum Gasteiger partial charge on any atom is -0.478 e. The zero-order chi connectivity index (χ0) is 12.8. The lowest BCUT2D eigenvalue weighted by Gasteiger charge is -2.03. The van der Waals surface area contributed by atoms with Gasteiger partial charge in [0, 0.05) is 21.2 Å². The minimum absolute atomic E-state index is 0.413. The molecule has 0 unspecified atom stereocenters. The molecule has 0 fully saturated rings. The van der Waals surface area contributed by atoms with Crippen molar-refractivity contribution >= 4 is 40.9 Å². The number of thioether (sulfide) groups is 1. The molecule has 92 valence electrons. The van der Waals surface area contributed by atoms with E-state index in [0.717, 1.165) is 4.90 Å². The first-order valence-corrected chi connectivity index (χ1v) is 6.79. The van der Waals surface area contributed by atoms with Crippen LogP contribution in [0.3, 0.4) is 0 Å². The van der Waals surface area contributed by atoms with E-state index in [9.17, 15) is 4.79 Å². The van der Waals surface area contributed by atoms with Crippen molar-refractivity contribution in [1.29, 1.82) is 0 Å². The predicted octanol–water partition coefficient (Wildman–Crippen LogP) is 4.51. The van der Waals surface area contributed by atoms with Gasteiger partial charge in [-0.05, 0) is 24.6 Å². The van der Waals surface area contributed by atoms with Gasteiger partial charge in [-0.25, -0.2) is 4.79 Å². The molecular formula is C12H12Cl2O2S. The van der Waals surface area contributed by atoms with Crippen molar-refractivity contribution < 1.29 is 9.90 Å². The zero-order valence-corrected chi connectivity index (χ0v) is 11.6. The van der Waals surface area contributed by atoms with Gasteiger partial charge in [0.05, 0.1) is 5.02 Å². The van der Waals surface area contributed by atoms with Crippen LogP contribution in [0.2, 0.25) is 10.0 Å². The smallest absolute Gasteiger partial charge is 0.331 e. The molecule has 17 heavy (non-hydrogen) atoms. The molecule has 0 aliphatic heterocycles. The number of carbonyl (C=O) groups is 1. The average molecular weight is 291 g/mol. The fourth-order valence-electron chi connectivity index (χ4n) is 1.20. The number of benzene rings is 1. The van der Waals surface area contributed by atoms with E-state index in [1.54, 1.807) is 24.3 Å². The van der Waals surface area contributed by atoms with Gasteiger partial charge in [0.1, 0.15) is 0 Å². The normalized spacial score (nSPS) is 11.6. The van der Waals surface area contributed by atoms with Crippen molar-refractivity contribution in [3.05, 3.63) is 39.9 Å². The van der Waals surface area contributed by atoms with Crippen LogP contribution in [0.5, 0.6) is 0 Å². The van der Waals surface area contributed by atoms with E-state index >= 15 is 0 Å². The minimum atomic E-state index is -0.870. The third-order valence-electron chi connectivity index (χ3n) is 2.12. The van der Waals surface area contributed by atoms with Crippen LogP contribution >= 0.6 is 35.0 Å². The van der Waals surface area contributed by atoms with Gasteiger partial charge >= 0.3 is 5.97 Å². The summed E-state index contributed by atoms with van der Waals surface area (Å²) < 4.78 is 0. The molecule has 0 aliphatic carbocycles. The third-order valence-corrected chi connectivity index (χ3v) is 3.78. The van der Waals surface area contributed by atoms with Crippen molar-refractivity contribution in [2.75, 3.05) is 5.75 Å². The summed E-state index contributed by atoms with van der Waals surface area (Å²) >= 11 is 13.3. The summed E-state index contributed by atoms with van der Waals surface area (Å²) in [7, 11) is 0.